The summed E-state index contributed by atoms with van der Waals surface area (Å²) < 4.78 is 10.4. The molecule has 0 unspecified atom stereocenters. The molecule has 0 spiro atoms. The Balaban J connectivity index is 1.86. The number of rotatable bonds is 8. The fourth-order valence-corrected chi connectivity index (χ4v) is 2.54. The van der Waals surface area contributed by atoms with Gasteiger partial charge in [-0.05, 0) is 74.6 Å². The maximum Gasteiger partial charge on any atom is 0.257 e. The van der Waals surface area contributed by atoms with Crippen molar-refractivity contribution in [3.63, 3.8) is 0 Å². The average molecular weight is 416 g/mol. The first-order chi connectivity index (χ1) is 13.9. The molecule has 0 saturated carbocycles. The van der Waals surface area contributed by atoms with Gasteiger partial charge in [-0.15, -0.1) is 0 Å². The van der Waals surface area contributed by atoms with E-state index in [-0.39, 0.29) is 23.0 Å². The molecule has 2 amide bonds. The lowest BCUT2D eigenvalue weighted by molar-refractivity contribution is 0.0941. The Morgan fingerprint density at radius 1 is 0.931 bits per heavy atom. The molecule has 2 aromatic rings. The van der Waals surface area contributed by atoms with Crippen LogP contribution in [0.3, 0.4) is 0 Å². The molecule has 3 N–H and O–H groups in total. The number of carbonyl (C=O) groups excluding carboxylic acids is 2. The quantitative estimate of drug-likeness (QED) is 0.454. The molecule has 0 heterocycles. The van der Waals surface area contributed by atoms with Crippen LogP contribution in [0.25, 0.3) is 0 Å². The molecule has 7 nitrogen and oxygen atoms in total. The summed E-state index contributed by atoms with van der Waals surface area (Å²) in [4.78, 5) is 24.3. The minimum atomic E-state index is -0.334. The molecule has 2 rings (SSSR count). The van der Waals surface area contributed by atoms with Crippen LogP contribution in [0.1, 0.15) is 34.6 Å². The van der Waals surface area contributed by atoms with E-state index in [1.807, 2.05) is 13.8 Å². The van der Waals surface area contributed by atoms with Crippen molar-refractivity contribution in [2.45, 2.75) is 19.9 Å². The molecule has 0 fully saturated rings. The number of anilines is 1. The van der Waals surface area contributed by atoms with E-state index in [1.165, 1.54) is 0 Å². The summed E-state index contributed by atoms with van der Waals surface area (Å²) in [6.45, 7) is 4.73. The van der Waals surface area contributed by atoms with E-state index >= 15 is 0 Å². The monoisotopic (exact) mass is 415 g/mol. The predicted octanol–water partition coefficient (Wildman–Crippen LogP) is 2.98. The summed E-state index contributed by atoms with van der Waals surface area (Å²) in [6.07, 6.45) is 0. The Labute approximate surface area is 175 Å². The Hall–Kier alpha value is -2.97. The molecule has 0 aromatic heterocycles. The molecule has 0 saturated heterocycles. The number of carbonyl (C=O) groups is 2. The summed E-state index contributed by atoms with van der Waals surface area (Å²) in [5.74, 6) is 0.178. The van der Waals surface area contributed by atoms with Gasteiger partial charge in [-0.1, -0.05) is 0 Å². The van der Waals surface area contributed by atoms with Gasteiger partial charge in [0.1, 0.15) is 12.4 Å². The Bertz CT molecular complexity index is 836. The molecule has 0 aliphatic heterocycles. The van der Waals surface area contributed by atoms with Gasteiger partial charge in [-0.25, -0.2) is 0 Å². The van der Waals surface area contributed by atoms with Crippen molar-refractivity contribution in [1.29, 1.82) is 0 Å². The highest BCUT2D eigenvalue weighted by atomic mass is 32.1. The van der Waals surface area contributed by atoms with Gasteiger partial charge in [0.15, 0.2) is 5.11 Å². The minimum absolute atomic E-state index is 0.0640. The highest BCUT2D eigenvalue weighted by molar-refractivity contribution is 7.80. The third-order valence-electron chi connectivity index (χ3n) is 3.72. The van der Waals surface area contributed by atoms with E-state index in [9.17, 15) is 9.59 Å². The average Bonchev–Trinajstić information content (AvgIpc) is 2.68. The number of amides is 2. The zero-order chi connectivity index (χ0) is 21.2. The number of thiocarbonyl (C=S) groups is 1. The van der Waals surface area contributed by atoms with Gasteiger partial charge < -0.3 is 20.1 Å². The van der Waals surface area contributed by atoms with Gasteiger partial charge in [0.05, 0.1) is 6.61 Å². The zero-order valence-corrected chi connectivity index (χ0v) is 17.5. The molecule has 8 heteroatoms. The molecule has 0 aliphatic carbocycles. The van der Waals surface area contributed by atoms with Gasteiger partial charge in [0.25, 0.3) is 11.8 Å². The SMILES string of the molecule is COCCOc1ccc(C(=O)NC(=S)Nc2ccc(C(=O)NC(C)C)cc2)cc1. The van der Waals surface area contributed by atoms with E-state index in [0.29, 0.717) is 35.8 Å². The molecule has 0 bridgehead atoms. The van der Waals surface area contributed by atoms with Gasteiger partial charge in [0, 0.05) is 30.0 Å². The van der Waals surface area contributed by atoms with E-state index < -0.39 is 0 Å². The number of nitrogens with one attached hydrogen (secondary N) is 3. The number of ether oxygens (including phenoxy) is 2. The lowest BCUT2D eigenvalue weighted by Crippen LogP contribution is -2.34. The smallest absolute Gasteiger partial charge is 0.257 e. The lowest BCUT2D eigenvalue weighted by Gasteiger charge is -2.11. The van der Waals surface area contributed by atoms with Gasteiger partial charge in [-0.3, -0.25) is 14.9 Å². The summed E-state index contributed by atoms with van der Waals surface area (Å²) >= 11 is 5.19. The first-order valence-corrected chi connectivity index (χ1v) is 9.55. The van der Waals surface area contributed by atoms with Crippen molar-refractivity contribution < 1.29 is 19.1 Å². The second-order valence-electron chi connectivity index (χ2n) is 6.48. The van der Waals surface area contributed by atoms with Crippen LogP contribution in [-0.4, -0.2) is 43.3 Å². The van der Waals surface area contributed by atoms with Crippen molar-refractivity contribution in [2.24, 2.45) is 0 Å². The molecule has 0 atom stereocenters. The fourth-order valence-electron chi connectivity index (χ4n) is 2.33. The largest absolute Gasteiger partial charge is 0.491 e. The summed E-state index contributed by atoms with van der Waals surface area (Å²) in [7, 11) is 1.60. The number of benzene rings is 2. The van der Waals surface area contributed by atoms with Crippen LogP contribution in [0, 0.1) is 0 Å². The first kappa shape index (κ1) is 22.3. The van der Waals surface area contributed by atoms with Crippen LogP contribution in [0.5, 0.6) is 5.75 Å². The molecule has 154 valence electrons. The first-order valence-electron chi connectivity index (χ1n) is 9.14. The van der Waals surface area contributed by atoms with Crippen molar-refractivity contribution >= 4 is 34.8 Å². The van der Waals surface area contributed by atoms with Crippen LogP contribution in [0.4, 0.5) is 5.69 Å². The van der Waals surface area contributed by atoms with Crippen molar-refractivity contribution in [1.82, 2.24) is 10.6 Å². The van der Waals surface area contributed by atoms with Gasteiger partial charge in [0.2, 0.25) is 0 Å². The number of hydrogen-bond acceptors (Lipinski definition) is 5. The molecule has 0 radical (unpaired) electrons. The van der Waals surface area contributed by atoms with Crippen LogP contribution >= 0.6 is 12.2 Å². The third-order valence-corrected chi connectivity index (χ3v) is 3.93. The minimum Gasteiger partial charge on any atom is -0.491 e. The second kappa shape index (κ2) is 11.1. The normalized spacial score (nSPS) is 10.3. The Morgan fingerprint density at radius 2 is 1.52 bits per heavy atom. The van der Waals surface area contributed by atoms with E-state index in [2.05, 4.69) is 16.0 Å². The molecular formula is C21H25N3O4S. The summed E-state index contributed by atoms with van der Waals surface area (Å²) in [6, 6.07) is 13.6. The topological polar surface area (TPSA) is 88.7 Å². The van der Waals surface area contributed by atoms with Crippen molar-refractivity contribution in [2.75, 3.05) is 25.6 Å². The molecule has 2 aromatic carbocycles. The number of methoxy groups -OCH3 is 1. The Kier molecular flexibility index (Phi) is 8.57. The van der Waals surface area contributed by atoms with Crippen molar-refractivity contribution in [3.05, 3.63) is 59.7 Å². The van der Waals surface area contributed by atoms with Gasteiger partial charge in [-0.2, -0.15) is 0 Å². The molecule has 29 heavy (non-hydrogen) atoms. The number of hydrogen-bond donors (Lipinski definition) is 3. The van der Waals surface area contributed by atoms with Crippen molar-refractivity contribution in [3.8, 4) is 5.75 Å². The second-order valence-corrected chi connectivity index (χ2v) is 6.89. The maximum atomic E-state index is 12.3. The maximum absolute atomic E-state index is 12.3. The summed E-state index contributed by atoms with van der Waals surface area (Å²) in [5, 5.41) is 8.53. The van der Waals surface area contributed by atoms with E-state index in [4.69, 9.17) is 21.7 Å². The third kappa shape index (κ3) is 7.52. The lowest BCUT2D eigenvalue weighted by atomic mass is 10.2. The molecular weight excluding hydrogens is 390 g/mol. The van der Waals surface area contributed by atoms with Gasteiger partial charge >= 0.3 is 0 Å². The van der Waals surface area contributed by atoms with Crippen LogP contribution in [0.2, 0.25) is 0 Å². The summed E-state index contributed by atoms with van der Waals surface area (Å²) in [5.41, 5.74) is 1.67. The van der Waals surface area contributed by atoms with Crippen LogP contribution in [0.15, 0.2) is 48.5 Å². The van der Waals surface area contributed by atoms with E-state index in [1.54, 1.807) is 55.6 Å². The van der Waals surface area contributed by atoms with Crippen LogP contribution in [-0.2, 0) is 4.74 Å². The predicted molar refractivity (Wildman–Crippen MR) is 117 cm³/mol. The zero-order valence-electron chi connectivity index (χ0n) is 16.7. The van der Waals surface area contributed by atoms with E-state index in [0.717, 1.165) is 0 Å². The Morgan fingerprint density at radius 3 is 2.10 bits per heavy atom. The highest BCUT2D eigenvalue weighted by Gasteiger charge is 2.10. The standard InChI is InChI=1S/C21H25N3O4S/c1-14(2)22-19(25)15-4-8-17(9-5-15)23-21(29)24-20(26)16-6-10-18(11-7-16)28-13-12-27-3/h4-11,14H,12-13H2,1-3H3,(H,22,25)(H2,23,24,26,29). The highest BCUT2D eigenvalue weighted by Crippen LogP contribution is 2.13. The van der Waals surface area contributed by atoms with Crippen LogP contribution < -0.4 is 20.7 Å². The molecule has 0 aliphatic rings. The fraction of sp³-hybridized carbons (Fsp3) is 0.286.